The van der Waals surface area contributed by atoms with Gasteiger partial charge < -0.3 is 4.90 Å². The topological polar surface area (TPSA) is 37.4 Å². The van der Waals surface area contributed by atoms with Crippen molar-refractivity contribution in [3.05, 3.63) is 24.3 Å². The molecule has 0 radical (unpaired) electrons. The van der Waals surface area contributed by atoms with Gasteiger partial charge in [-0.15, -0.1) is 0 Å². The van der Waals surface area contributed by atoms with Crippen LogP contribution in [-0.2, 0) is 9.84 Å². The van der Waals surface area contributed by atoms with Crippen molar-refractivity contribution in [2.75, 3.05) is 29.5 Å². The smallest absolute Gasteiger partial charge is 0.178 e. The van der Waals surface area contributed by atoms with E-state index in [9.17, 15) is 8.42 Å². The van der Waals surface area contributed by atoms with Crippen LogP contribution in [-0.4, -0.2) is 38.3 Å². The Balaban J connectivity index is 2.14. The second kappa shape index (κ2) is 6.18. The fraction of sp³-hybridized carbons (Fsp3) is 0.571. The van der Waals surface area contributed by atoms with Crippen molar-refractivity contribution >= 4 is 27.3 Å². The molecule has 1 heterocycles. The SMILES string of the molecule is CCC1CN(c2ccc(S(=O)(=O)CC)cc2)CCS1. The van der Waals surface area contributed by atoms with E-state index >= 15 is 0 Å². The van der Waals surface area contributed by atoms with Crippen molar-refractivity contribution in [2.24, 2.45) is 0 Å². The van der Waals surface area contributed by atoms with Crippen LogP contribution in [0, 0.1) is 0 Å². The summed E-state index contributed by atoms with van der Waals surface area (Å²) in [7, 11) is -3.08. The van der Waals surface area contributed by atoms with Crippen LogP contribution in [0.2, 0.25) is 0 Å². The minimum Gasteiger partial charge on any atom is -0.370 e. The molecule has 0 spiro atoms. The van der Waals surface area contributed by atoms with Crippen molar-refractivity contribution in [1.82, 2.24) is 0 Å². The highest BCUT2D eigenvalue weighted by Crippen LogP contribution is 2.26. The Labute approximate surface area is 120 Å². The maximum absolute atomic E-state index is 11.8. The summed E-state index contributed by atoms with van der Waals surface area (Å²) in [6.07, 6.45) is 1.18. The zero-order valence-corrected chi connectivity index (χ0v) is 13.1. The third kappa shape index (κ3) is 3.45. The highest BCUT2D eigenvalue weighted by atomic mass is 32.2. The Morgan fingerprint density at radius 3 is 2.53 bits per heavy atom. The van der Waals surface area contributed by atoms with Gasteiger partial charge in [0.05, 0.1) is 10.6 Å². The summed E-state index contributed by atoms with van der Waals surface area (Å²) < 4.78 is 23.5. The number of thioether (sulfide) groups is 1. The molecule has 1 aliphatic rings. The molecule has 5 heteroatoms. The monoisotopic (exact) mass is 299 g/mol. The van der Waals surface area contributed by atoms with E-state index in [0.717, 1.165) is 24.5 Å². The van der Waals surface area contributed by atoms with Crippen LogP contribution >= 0.6 is 11.8 Å². The third-order valence-electron chi connectivity index (χ3n) is 3.54. The first-order chi connectivity index (χ1) is 9.06. The number of hydrogen-bond donors (Lipinski definition) is 0. The Hall–Kier alpha value is -0.680. The zero-order valence-electron chi connectivity index (χ0n) is 11.5. The van der Waals surface area contributed by atoms with Crippen molar-refractivity contribution in [2.45, 2.75) is 30.4 Å². The molecular weight excluding hydrogens is 278 g/mol. The summed E-state index contributed by atoms with van der Waals surface area (Å²) in [6.45, 7) is 6.00. The molecule has 1 aromatic rings. The van der Waals surface area contributed by atoms with Gasteiger partial charge in [-0.1, -0.05) is 13.8 Å². The molecule has 3 nitrogen and oxygen atoms in total. The van der Waals surface area contributed by atoms with E-state index in [1.807, 2.05) is 23.9 Å². The zero-order chi connectivity index (χ0) is 13.9. The maximum Gasteiger partial charge on any atom is 0.178 e. The molecule has 1 fully saturated rings. The minimum absolute atomic E-state index is 0.157. The summed E-state index contributed by atoms with van der Waals surface area (Å²) in [4.78, 5) is 2.78. The van der Waals surface area contributed by atoms with E-state index in [0.29, 0.717) is 10.1 Å². The number of hydrogen-bond acceptors (Lipinski definition) is 4. The van der Waals surface area contributed by atoms with Gasteiger partial charge in [0.1, 0.15) is 0 Å². The van der Waals surface area contributed by atoms with Gasteiger partial charge in [-0.2, -0.15) is 11.8 Å². The Kier molecular flexibility index (Phi) is 4.79. The van der Waals surface area contributed by atoms with Crippen molar-refractivity contribution in [1.29, 1.82) is 0 Å². The molecule has 0 N–H and O–H groups in total. The molecule has 0 amide bonds. The molecule has 19 heavy (non-hydrogen) atoms. The van der Waals surface area contributed by atoms with Crippen molar-refractivity contribution in [3.63, 3.8) is 0 Å². The van der Waals surface area contributed by atoms with Crippen molar-refractivity contribution in [3.8, 4) is 0 Å². The number of rotatable bonds is 4. The molecule has 1 aliphatic heterocycles. The largest absolute Gasteiger partial charge is 0.370 e. The van der Waals surface area contributed by atoms with Crippen LogP contribution < -0.4 is 4.90 Å². The second-order valence-corrected chi connectivity index (χ2v) is 8.43. The van der Waals surface area contributed by atoms with Crippen LogP contribution in [0.5, 0.6) is 0 Å². The second-order valence-electron chi connectivity index (χ2n) is 4.74. The van der Waals surface area contributed by atoms with Gasteiger partial charge in [-0.25, -0.2) is 8.42 Å². The summed E-state index contributed by atoms with van der Waals surface area (Å²) in [6, 6.07) is 7.34. The number of nitrogens with zero attached hydrogens (tertiary/aromatic N) is 1. The fourth-order valence-corrected chi connectivity index (χ4v) is 4.30. The Bertz CT molecular complexity index is 511. The minimum atomic E-state index is -3.08. The maximum atomic E-state index is 11.8. The number of anilines is 1. The predicted octanol–water partition coefficient (Wildman–Crippen LogP) is 2.81. The molecule has 2 rings (SSSR count). The molecule has 106 valence electrons. The quantitative estimate of drug-likeness (QED) is 0.857. The molecular formula is C14H21NO2S2. The van der Waals surface area contributed by atoms with E-state index in [4.69, 9.17) is 0 Å². The third-order valence-corrected chi connectivity index (χ3v) is 6.66. The molecule has 0 aliphatic carbocycles. The lowest BCUT2D eigenvalue weighted by Gasteiger charge is -2.33. The molecule has 1 atom stereocenters. The van der Waals surface area contributed by atoms with Gasteiger partial charge in [-0.05, 0) is 30.7 Å². The summed E-state index contributed by atoms with van der Waals surface area (Å²) in [5.74, 6) is 1.30. The molecule has 1 unspecified atom stereocenters. The van der Waals surface area contributed by atoms with Gasteiger partial charge in [0.25, 0.3) is 0 Å². The van der Waals surface area contributed by atoms with Gasteiger partial charge in [0, 0.05) is 29.8 Å². The Morgan fingerprint density at radius 2 is 1.95 bits per heavy atom. The van der Waals surface area contributed by atoms with Crippen LogP contribution in [0.3, 0.4) is 0 Å². The normalized spacial score (nSPS) is 20.5. The molecule has 0 bridgehead atoms. The molecule has 0 saturated carbocycles. The average Bonchev–Trinajstić information content (AvgIpc) is 2.47. The van der Waals surface area contributed by atoms with Crippen molar-refractivity contribution < 1.29 is 8.42 Å². The van der Waals surface area contributed by atoms with E-state index in [1.54, 1.807) is 19.1 Å². The first-order valence-electron chi connectivity index (χ1n) is 6.76. The first kappa shape index (κ1) is 14.7. The van der Waals surface area contributed by atoms with Gasteiger partial charge in [0.15, 0.2) is 9.84 Å². The summed E-state index contributed by atoms with van der Waals surface area (Å²) >= 11 is 2.04. The molecule has 1 aromatic carbocycles. The highest BCUT2D eigenvalue weighted by molar-refractivity contribution is 8.00. The van der Waals surface area contributed by atoms with E-state index in [2.05, 4.69) is 11.8 Å². The molecule has 0 aromatic heterocycles. The van der Waals surface area contributed by atoms with E-state index in [1.165, 1.54) is 6.42 Å². The highest BCUT2D eigenvalue weighted by Gasteiger charge is 2.19. The van der Waals surface area contributed by atoms with Gasteiger partial charge in [-0.3, -0.25) is 0 Å². The summed E-state index contributed by atoms with van der Waals surface area (Å²) in [5.41, 5.74) is 1.13. The number of sulfone groups is 1. The van der Waals surface area contributed by atoms with Crippen LogP contribution in [0.4, 0.5) is 5.69 Å². The molecule has 1 saturated heterocycles. The summed E-state index contributed by atoms with van der Waals surface area (Å²) in [5, 5.41) is 0.688. The van der Waals surface area contributed by atoms with Crippen LogP contribution in [0.1, 0.15) is 20.3 Å². The Morgan fingerprint density at radius 1 is 1.26 bits per heavy atom. The van der Waals surface area contributed by atoms with Gasteiger partial charge >= 0.3 is 0 Å². The average molecular weight is 299 g/mol. The van der Waals surface area contributed by atoms with Crippen LogP contribution in [0.15, 0.2) is 29.2 Å². The van der Waals surface area contributed by atoms with E-state index in [-0.39, 0.29) is 5.75 Å². The predicted molar refractivity (Wildman–Crippen MR) is 82.9 cm³/mol. The van der Waals surface area contributed by atoms with Gasteiger partial charge in [0.2, 0.25) is 0 Å². The lowest BCUT2D eigenvalue weighted by atomic mass is 10.2. The fourth-order valence-electron chi connectivity index (χ4n) is 2.23. The lowest BCUT2D eigenvalue weighted by molar-refractivity contribution is 0.597. The van der Waals surface area contributed by atoms with E-state index < -0.39 is 9.84 Å². The lowest BCUT2D eigenvalue weighted by Crippen LogP contribution is -2.37. The number of benzene rings is 1. The first-order valence-corrected chi connectivity index (χ1v) is 9.46. The van der Waals surface area contributed by atoms with Crippen LogP contribution in [0.25, 0.3) is 0 Å². The standard InChI is InChI=1S/C14H21NO2S2/c1-3-13-11-15(9-10-18-13)12-5-7-14(8-6-12)19(16,17)4-2/h5-8,13H,3-4,9-11H2,1-2H3.